The van der Waals surface area contributed by atoms with Gasteiger partial charge in [-0.1, -0.05) is 31.9 Å². The number of aliphatic carboxylic acids is 1. The zero-order valence-corrected chi connectivity index (χ0v) is 9.87. The Morgan fingerprint density at radius 1 is 1.67 bits per heavy atom. The van der Waals surface area contributed by atoms with Gasteiger partial charge < -0.3 is 5.11 Å². The van der Waals surface area contributed by atoms with E-state index in [1.54, 1.807) is 0 Å². The summed E-state index contributed by atoms with van der Waals surface area (Å²) in [5.41, 5.74) is 0.154. The van der Waals surface area contributed by atoms with Gasteiger partial charge in [0.25, 0.3) is 0 Å². The molecule has 0 fully saturated rings. The summed E-state index contributed by atoms with van der Waals surface area (Å²) in [7, 11) is 0. The maximum Gasteiger partial charge on any atom is 0.353 e. The summed E-state index contributed by atoms with van der Waals surface area (Å²) < 4.78 is -0.494. The molecule has 2 N–H and O–H groups in total. The van der Waals surface area contributed by atoms with Crippen LogP contribution in [0.2, 0.25) is 0 Å². The third-order valence-electron chi connectivity index (χ3n) is 1.46. The summed E-state index contributed by atoms with van der Waals surface area (Å²) in [6.45, 7) is 0. The number of hydrogen-bond acceptors (Lipinski definition) is 4. The minimum atomic E-state index is -0.980. The molecular weight excluding hydrogens is 312 g/mol. The van der Waals surface area contributed by atoms with Gasteiger partial charge in [0.2, 0.25) is 0 Å². The van der Waals surface area contributed by atoms with Crippen molar-refractivity contribution in [3.8, 4) is 0 Å². The smallest absolute Gasteiger partial charge is 0.353 e. The van der Waals surface area contributed by atoms with Gasteiger partial charge in [0.05, 0.1) is 0 Å². The SMILES string of the molecule is O=C(O)C1=NNSC1(CBr)CBr. The second-order valence-corrected chi connectivity index (χ2v) is 4.51. The van der Waals surface area contributed by atoms with Gasteiger partial charge >= 0.3 is 5.97 Å². The van der Waals surface area contributed by atoms with E-state index in [1.807, 2.05) is 0 Å². The van der Waals surface area contributed by atoms with E-state index in [0.717, 1.165) is 0 Å². The number of rotatable bonds is 3. The second kappa shape index (κ2) is 3.97. The maximum atomic E-state index is 10.7. The highest BCUT2D eigenvalue weighted by Crippen LogP contribution is 2.33. The third-order valence-corrected chi connectivity index (χ3v) is 5.18. The highest BCUT2D eigenvalue weighted by molar-refractivity contribution is 9.10. The lowest BCUT2D eigenvalue weighted by atomic mass is 10.1. The Hall–Kier alpha value is 0.250. The molecule has 0 spiro atoms. The predicted molar refractivity (Wildman–Crippen MR) is 56.1 cm³/mol. The first kappa shape index (κ1) is 10.3. The third kappa shape index (κ3) is 1.62. The molecule has 7 heteroatoms. The Kier molecular flexibility index (Phi) is 3.42. The average molecular weight is 318 g/mol. The summed E-state index contributed by atoms with van der Waals surface area (Å²) in [6.07, 6.45) is 0. The Labute approximate surface area is 90.6 Å². The Balaban J connectivity index is 2.91. The molecule has 12 heavy (non-hydrogen) atoms. The van der Waals surface area contributed by atoms with Gasteiger partial charge in [-0.25, -0.2) is 4.79 Å². The van der Waals surface area contributed by atoms with Crippen LogP contribution in [0.4, 0.5) is 0 Å². The fraction of sp³-hybridized carbons (Fsp3) is 0.600. The lowest BCUT2D eigenvalue weighted by Gasteiger charge is -2.20. The minimum Gasteiger partial charge on any atom is -0.477 e. The molecule has 0 saturated heterocycles. The molecule has 0 radical (unpaired) electrons. The van der Waals surface area contributed by atoms with Crippen LogP contribution in [-0.4, -0.2) is 32.2 Å². The van der Waals surface area contributed by atoms with Crippen LogP contribution in [0, 0.1) is 0 Å². The van der Waals surface area contributed by atoms with Crippen molar-refractivity contribution < 1.29 is 9.90 Å². The molecule has 0 unspecified atom stereocenters. The number of halogens is 2. The normalized spacial score (nSPS) is 20.0. The number of hydrogen-bond donors (Lipinski definition) is 2. The molecular formula is C5H6Br2N2O2S. The first-order valence-electron chi connectivity index (χ1n) is 3.02. The van der Waals surface area contributed by atoms with Crippen molar-refractivity contribution in [2.24, 2.45) is 5.10 Å². The van der Waals surface area contributed by atoms with Gasteiger partial charge in [-0.2, -0.15) is 5.10 Å². The van der Waals surface area contributed by atoms with Crippen LogP contribution in [-0.2, 0) is 4.79 Å². The van der Waals surface area contributed by atoms with Crippen LogP contribution in [0.1, 0.15) is 0 Å². The van der Waals surface area contributed by atoms with Gasteiger partial charge in [-0.15, -0.1) is 0 Å². The first-order valence-corrected chi connectivity index (χ1v) is 6.08. The Morgan fingerprint density at radius 2 is 2.25 bits per heavy atom. The van der Waals surface area contributed by atoms with Crippen LogP contribution in [0.25, 0.3) is 0 Å². The molecule has 1 rings (SSSR count). The lowest BCUT2D eigenvalue weighted by molar-refractivity contribution is -0.129. The van der Waals surface area contributed by atoms with Gasteiger partial charge in [0, 0.05) is 10.7 Å². The second-order valence-electron chi connectivity index (χ2n) is 2.22. The van der Waals surface area contributed by atoms with Crippen molar-refractivity contribution in [3.05, 3.63) is 0 Å². The molecule has 0 atom stereocenters. The summed E-state index contributed by atoms with van der Waals surface area (Å²) >= 11 is 7.83. The maximum absolute atomic E-state index is 10.7. The summed E-state index contributed by atoms with van der Waals surface area (Å²) in [6, 6.07) is 0. The molecule has 0 aromatic heterocycles. The number of nitrogens with zero attached hydrogens (tertiary/aromatic N) is 1. The van der Waals surface area contributed by atoms with E-state index in [9.17, 15) is 4.79 Å². The predicted octanol–water partition coefficient (Wildman–Crippen LogP) is 1.21. The molecule has 0 saturated carbocycles. The van der Waals surface area contributed by atoms with Crippen LogP contribution >= 0.6 is 43.8 Å². The van der Waals surface area contributed by atoms with Crippen molar-refractivity contribution >= 4 is 55.5 Å². The standard InChI is InChI=1S/C5H6Br2N2O2S/c6-1-5(2-7)3(4(10)11)8-9-12-5/h9H,1-2H2,(H,10,11). The molecule has 1 aliphatic heterocycles. The molecule has 0 amide bonds. The van der Waals surface area contributed by atoms with Gasteiger partial charge in [-0.05, 0) is 11.9 Å². The quantitative estimate of drug-likeness (QED) is 0.606. The molecule has 1 aliphatic rings. The monoisotopic (exact) mass is 316 g/mol. The molecule has 68 valence electrons. The van der Waals surface area contributed by atoms with Crippen molar-refractivity contribution in [1.29, 1.82) is 0 Å². The van der Waals surface area contributed by atoms with E-state index in [0.29, 0.717) is 10.7 Å². The van der Waals surface area contributed by atoms with Crippen LogP contribution < -0.4 is 4.83 Å². The highest BCUT2D eigenvalue weighted by Gasteiger charge is 2.43. The number of carboxylic acids is 1. The van der Waals surface area contributed by atoms with Crippen LogP contribution in [0.15, 0.2) is 5.10 Å². The molecule has 0 aromatic rings. The Bertz CT molecular complexity index is 229. The van der Waals surface area contributed by atoms with Crippen molar-refractivity contribution in [2.45, 2.75) is 4.75 Å². The van der Waals surface area contributed by atoms with E-state index in [2.05, 4.69) is 41.8 Å². The first-order chi connectivity index (χ1) is 5.66. The average Bonchev–Trinajstić information content (AvgIpc) is 2.48. The van der Waals surface area contributed by atoms with Gasteiger partial charge in [0.15, 0.2) is 5.71 Å². The fourth-order valence-electron chi connectivity index (χ4n) is 0.766. The molecule has 0 aromatic carbocycles. The summed E-state index contributed by atoms with van der Waals surface area (Å²) in [5, 5.41) is 13.6. The van der Waals surface area contributed by atoms with Crippen molar-refractivity contribution in [3.63, 3.8) is 0 Å². The number of carboxylic acid groups (broad SMARTS) is 1. The molecule has 0 aliphatic carbocycles. The van der Waals surface area contributed by atoms with Gasteiger partial charge in [-0.3, -0.25) is 4.83 Å². The number of carbonyl (C=O) groups is 1. The van der Waals surface area contributed by atoms with E-state index in [4.69, 9.17) is 5.11 Å². The summed E-state index contributed by atoms with van der Waals surface area (Å²) in [5.74, 6) is -0.980. The minimum absolute atomic E-state index is 0.154. The summed E-state index contributed by atoms with van der Waals surface area (Å²) in [4.78, 5) is 13.3. The molecule has 0 bridgehead atoms. The van der Waals surface area contributed by atoms with Crippen LogP contribution in [0.3, 0.4) is 0 Å². The topological polar surface area (TPSA) is 61.7 Å². The largest absolute Gasteiger partial charge is 0.477 e. The zero-order valence-electron chi connectivity index (χ0n) is 5.88. The molecule has 4 nitrogen and oxygen atoms in total. The zero-order chi connectivity index (χ0) is 9.19. The van der Waals surface area contributed by atoms with Crippen molar-refractivity contribution in [1.82, 2.24) is 4.83 Å². The highest BCUT2D eigenvalue weighted by atomic mass is 79.9. The van der Waals surface area contributed by atoms with Crippen LogP contribution in [0.5, 0.6) is 0 Å². The van der Waals surface area contributed by atoms with E-state index >= 15 is 0 Å². The number of alkyl halides is 2. The van der Waals surface area contributed by atoms with Gasteiger partial charge in [0.1, 0.15) is 4.75 Å². The fourth-order valence-corrected chi connectivity index (χ4v) is 3.56. The van der Waals surface area contributed by atoms with E-state index < -0.39 is 10.7 Å². The van der Waals surface area contributed by atoms with Crippen molar-refractivity contribution in [2.75, 3.05) is 10.7 Å². The lowest BCUT2D eigenvalue weighted by Crippen LogP contribution is -2.41. The Morgan fingerprint density at radius 3 is 2.58 bits per heavy atom. The van der Waals surface area contributed by atoms with E-state index in [-0.39, 0.29) is 5.71 Å². The number of nitrogens with one attached hydrogen (secondary N) is 1. The number of hydrazone groups is 1. The van der Waals surface area contributed by atoms with E-state index in [1.165, 1.54) is 11.9 Å². The molecule has 1 heterocycles.